The van der Waals surface area contributed by atoms with Crippen molar-refractivity contribution in [1.82, 2.24) is 5.32 Å². The smallest absolute Gasteiger partial charge is 0.219 e. The van der Waals surface area contributed by atoms with Crippen LogP contribution >= 0.6 is 0 Å². The standard InChI is InChI=1S/C25H35NO4/c1-2-26-25(30)13-9-4-3-8-12-21-22(24(29)18-23(21)28)17-16-20(27)15-14-19-10-6-5-7-11-19/h3,5-8,10-11,16-17,21-24,28-29H,2,4,9,12-15,18H2,1H3,(H,26,30)/b8-3-,17-16+/t21-,22+,23-,24-/m1/s1. The number of hydrogen-bond acceptors (Lipinski definition) is 4. The molecule has 0 aliphatic heterocycles. The number of amides is 1. The first kappa shape index (κ1) is 24.0. The molecule has 3 N–H and O–H groups in total. The molecular weight excluding hydrogens is 378 g/mol. The minimum Gasteiger partial charge on any atom is -0.393 e. The summed E-state index contributed by atoms with van der Waals surface area (Å²) in [4.78, 5) is 23.7. The zero-order valence-electron chi connectivity index (χ0n) is 17.9. The maximum Gasteiger partial charge on any atom is 0.219 e. The molecule has 4 atom stereocenters. The van der Waals surface area contributed by atoms with Crippen LogP contribution in [0.1, 0.15) is 51.0 Å². The minimum atomic E-state index is -0.630. The van der Waals surface area contributed by atoms with Crippen molar-refractivity contribution in [3.05, 3.63) is 60.2 Å². The zero-order valence-corrected chi connectivity index (χ0v) is 17.9. The molecule has 5 nitrogen and oxygen atoms in total. The number of aliphatic hydroxyl groups is 2. The molecule has 0 heterocycles. The molecule has 0 radical (unpaired) electrons. The molecular formula is C25H35NO4. The summed E-state index contributed by atoms with van der Waals surface area (Å²) >= 11 is 0. The van der Waals surface area contributed by atoms with Crippen LogP contribution in [0.25, 0.3) is 0 Å². The second kappa shape index (κ2) is 13.1. The van der Waals surface area contributed by atoms with Crippen molar-refractivity contribution in [3.63, 3.8) is 0 Å². The number of carbonyl (C=O) groups is 2. The van der Waals surface area contributed by atoms with E-state index < -0.39 is 12.2 Å². The third-order valence-electron chi connectivity index (χ3n) is 5.65. The van der Waals surface area contributed by atoms with E-state index in [2.05, 4.69) is 5.32 Å². The molecule has 0 saturated heterocycles. The molecule has 0 aromatic heterocycles. The molecule has 164 valence electrons. The van der Waals surface area contributed by atoms with Crippen molar-refractivity contribution in [1.29, 1.82) is 0 Å². The summed E-state index contributed by atoms with van der Waals surface area (Å²) in [5, 5.41) is 23.4. The van der Waals surface area contributed by atoms with E-state index in [1.807, 2.05) is 49.4 Å². The number of hydrogen-bond donors (Lipinski definition) is 3. The van der Waals surface area contributed by atoms with E-state index in [1.54, 1.807) is 12.2 Å². The molecule has 1 aromatic rings. The summed E-state index contributed by atoms with van der Waals surface area (Å²) in [7, 11) is 0. The van der Waals surface area contributed by atoms with Crippen molar-refractivity contribution >= 4 is 11.7 Å². The number of carbonyl (C=O) groups excluding carboxylic acids is 2. The van der Waals surface area contributed by atoms with E-state index in [0.29, 0.717) is 38.6 Å². The van der Waals surface area contributed by atoms with Crippen LogP contribution in [-0.2, 0) is 16.0 Å². The molecule has 1 aromatic carbocycles. The van der Waals surface area contributed by atoms with Gasteiger partial charge in [0.25, 0.3) is 0 Å². The molecule has 1 saturated carbocycles. The monoisotopic (exact) mass is 413 g/mol. The number of nitrogens with one attached hydrogen (secondary N) is 1. The van der Waals surface area contributed by atoms with Gasteiger partial charge in [-0.05, 0) is 50.2 Å². The third kappa shape index (κ3) is 8.25. The summed E-state index contributed by atoms with van der Waals surface area (Å²) in [6.07, 6.45) is 10.4. The van der Waals surface area contributed by atoms with Gasteiger partial charge in [0.15, 0.2) is 5.78 Å². The highest BCUT2D eigenvalue weighted by atomic mass is 16.3. The quantitative estimate of drug-likeness (QED) is 0.279. The second-order valence-electron chi connectivity index (χ2n) is 7.98. The molecule has 0 bridgehead atoms. The summed E-state index contributed by atoms with van der Waals surface area (Å²) in [6, 6.07) is 9.89. The van der Waals surface area contributed by atoms with Crippen molar-refractivity contribution in [2.45, 2.75) is 64.1 Å². The highest BCUT2D eigenvalue weighted by Gasteiger charge is 2.39. The number of aliphatic hydroxyl groups excluding tert-OH is 2. The van der Waals surface area contributed by atoms with Gasteiger partial charge in [0.05, 0.1) is 12.2 Å². The average molecular weight is 414 g/mol. The van der Waals surface area contributed by atoms with E-state index in [-0.39, 0.29) is 23.5 Å². The predicted molar refractivity (Wildman–Crippen MR) is 119 cm³/mol. The lowest BCUT2D eigenvalue weighted by Crippen LogP contribution is -2.21. The van der Waals surface area contributed by atoms with Gasteiger partial charge < -0.3 is 15.5 Å². The number of benzene rings is 1. The first-order valence-electron chi connectivity index (χ1n) is 11.0. The van der Waals surface area contributed by atoms with Gasteiger partial charge in [-0.2, -0.15) is 0 Å². The Morgan fingerprint density at radius 1 is 1.10 bits per heavy atom. The van der Waals surface area contributed by atoms with E-state index in [9.17, 15) is 19.8 Å². The maximum absolute atomic E-state index is 12.2. The van der Waals surface area contributed by atoms with Crippen LogP contribution in [0.4, 0.5) is 0 Å². The van der Waals surface area contributed by atoms with E-state index in [1.165, 1.54) is 0 Å². The fourth-order valence-electron chi connectivity index (χ4n) is 3.96. The van der Waals surface area contributed by atoms with Gasteiger partial charge in [-0.15, -0.1) is 0 Å². The van der Waals surface area contributed by atoms with Gasteiger partial charge in [-0.1, -0.05) is 48.6 Å². The highest BCUT2D eigenvalue weighted by Crippen LogP contribution is 2.36. The average Bonchev–Trinajstić information content (AvgIpc) is 3.00. The summed E-state index contributed by atoms with van der Waals surface area (Å²) in [6.45, 7) is 2.56. The lowest BCUT2D eigenvalue weighted by Gasteiger charge is -2.19. The van der Waals surface area contributed by atoms with Gasteiger partial charge in [0.2, 0.25) is 5.91 Å². The molecule has 0 spiro atoms. The largest absolute Gasteiger partial charge is 0.393 e. The van der Waals surface area contributed by atoms with Gasteiger partial charge in [-0.25, -0.2) is 0 Å². The SMILES string of the molecule is CCNC(=O)CCC/C=C\C[C@@H]1[C@H](/C=C/C(=O)CCc2ccccc2)[C@H](O)C[C@H]1O. The Balaban J connectivity index is 1.78. The highest BCUT2D eigenvalue weighted by molar-refractivity contribution is 5.89. The molecule has 1 fully saturated rings. The fourth-order valence-corrected chi connectivity index (χ4v) is 3.96. The van der Waals surface area contributed by atoms with Gasteiger partial charge in [-0.3, -0.25) is 9.59 Å². The number of unbranched alkanes of at least 4 members (excludes halogenated alkanes) is 1. The fraction of sp³-hybridized carbons (Fsp3) is 0.520. The first-order chi connectivity index (χ1) is 14.5. The Hall–Kier alpha value is -2.24. The van der Waals surface area contributed by atoms with Crippen molar-refractivity contribution < 1.29 is 19.8 Å². The van der Waals surface area contributed by atoms with E-state index in [4.69, 9.17) is 0 Å². The molecule has 1 aliphatic carbocycles. The Labute approximate surface area is 179 Å². The van der Waals surface area contributed by atoms with Crippen LogP contribution in [0.2, 0.25) is 0 Å². The first-order valence-corrected chi connectivity index (χ1v) is 11.0. The summed E-state index contributed by atoms with van der Waals surface area (Å²) in [5.74, 6) is -0.215. The van der Waals surface area contributed by atoms with Crippen LogP contribution in [0.15, 0.2) is 54.6 Å². The van der Waals surface area contributed by atoms with Crippen molar-refractivity contribution in [2.75, 3.05) is 6.54 Å². The maximum atomic E-state index is 12.2. The lowest BCUT2D eigenvalue weighted by molar-refractivity contribution is -0.121. The molecule has 5 heteroatoms. The molecule has 1 aliphatic rings. The van der Waals surface area contributed by atoms with Gasteiger partial charge in [0, 0.05) is 31.7 Å². The Morgan fingerprint density at radius 3 is 2.60 bits per heavy atom. The predicted octanol–water partition coefficient (Wildman–Crippen LogP) is 3.36. The van der Waals surface area contributed by atoms with Crippen LogP contribution in [0.3, 0.4) is 0 Å². The topological polar surface area (TPSA) is 86.6 Å². The van der Waals surface area contributed by atoms with E-state index in [0.717, 1.165) is 18.4 Å². The van der Waals surface area contributed by atoms with Crippen molar-refractivity contribution in [2.24, 2.45) is 11.8 Å². The third-order valence-corrected chi connectivity index (χ3v) is 5.65. The van der Waals surface area contributed by atoms with Crippen LogP contribution < -0.4 is 5.32 Å². The number of rotatable bonds is 12. The van der Waals surface area contributed by atoms with Gasteiger partial charge in [0.1, 0.15) is 0 Å². The van der Waals surface area contributed by atoms with E-state index >= 15 is 0 Å². The van der Waals surface area contributed by atoms with Crippen LogP contribution in [0, 0.1) is 11.8 Å². The number of ketones is 1. The molecule has 1 amide bonds. The number of aryl methyl sites for hydroxylation is 1. The summed E-state index contributed by atoms with van der Waals surface area (Å²) < 4.78 is 0. The summed E-state index contributed by atoms with van der Waals surface area (Å²) in [5.41, 5.74) is 1.13. The zero-order chi connectivity index (χ0) is 21.8. The van der Waals surface area contributed by atoms with Crippen molar-refractivity contribution in [3.8, 4) is 0 Å². The van der Waals surface area contributed by atoms with Crippen LogP contribution in [0.5, 0.6) is 0 Å². The lowest BCUT2D eigenvalue weighted by atomic mass is 9.89. The molecule has 0 unspecified atom stereocenters. The second-order valence-corrected chi connectivity index (χ2v) is 7.98. The Kier molecular flexibility index (Phi) is 10.5. The van der Waals surface area contributed by atoms with Gasteiger partial charge >= 0.3 is 0 Å². The molecule has 30 heavy (non-hydrogen) atoms. The Morgan fingerprint density at radius 2 is 1.87 bits per heavy atom. The van der Waals surface area contributed by atoms with Crippen LogP contribution in [-0.4, -0.2) is 40.7 Å². The normalized spacial score (nSPS) is 24.0. The number of allylic oxidation sites excluding steroid dienone is 3. The molecule has 2 rings (SSSR count). The Bertz CT molecular complexity index is 713. The minimum absolute atomic E-state index is 0.0343.